The van der Waals surface area contributed by atoms with Crippen LogP contribution in [0.25, 0.3) is 55.8 Å². The van der Waals surface area contributed by atoms with Gasteiger partial charge in [-0.2, -0.15) is 0 Å². The van der Waals surface area contributed by atoms with Crippen LogP contribution in [-0.4, -0.2) is 0 Å². The number of fused-ring (bicyclic) bond motifs is 2. The molecule has 0 aliphatic heterocycles. The Morgan fingerprint density at radius 1 is 0.229 bits per heavy atom. The molecule has 0 spiro atoms. The maximum atomic E-state index is 6.07. The van der Waals surface area contributed by atoms with E-state index >= 15 is 0 Å². The number of hydrogen-bond acceptors (Lipinski definition) is 5. The molecule has 2 heterocycles. The van der Waals surface area contributed by atoms with Crippen molar-refractivity contribution < 1.29 is 22.1 Å². The van der Waals surface area contributed by atoms with Crippen molar-refractivity contribution >= 4 is 55.8 Å². The van der Waals surface area contributed by atoms with E-state index in [2.05, 4.69) is 0 Å². The topological polar surface area (TPSA) is 65.7 Å². The number of hydrogen-bond donors (Lipinski definition) is 0. The summed E-state index contributed by atoms with van der Waals surface area (Å²) in [5.41, 5.74) is 6.60. The van der Waals surface area contributed by atoms with Crippen LogP contribution in [0, 0.1) is 0 Å². The fourth-order valence-corrected chi connectivity index (χ4v) is 3.66. The fraction of sp³-hybridized carbons (Fsp3) is 0. The van der Waals surface area contributed by atoms with Crippen molar-refractivity contribution in [1.29, 1.82) is 0 Å². The highest BCUT2D eigenvalue weighted by Gasteiger charge is 1.95. The second kappa shape index (κ2) is 9.15. The molecule has 5 aromatic carbocycles. The SMILES string of the molecule is c1cc2cc(c1)oc1cccc(c1)oc1cccc(c1)oc1cccc(c1)oc1ccc(cc1)o2. The molecule has 170 valence electrons. The third kappa shape index (κ3) is 5.04. The average Bonchev–Trinajstić information content (AvgIpc) is 2.86. The Hall–Kier alpha value is -4.90. The second-order valence-electron chi connectivity index (χ2n) is 7.88. The van der Waals surface area contributed by atoms with Crippen molar-refractivity contribution in [3.8, 4) is 0 Å². The van der Waals surface area contributed by atoms with Crippen LogP contribution < -0.4 is 0 Å². The molecule has 35 heavy (non-hydrogen) atoms. The van der Waals surface area contributed by atoms with E-state index in [1.54, 1.807) is 0 Å². The Balaban J connectivity index is 1.68. The van der Waals surface area contributed by atoms with Crippen LogP contribution >= 0.6 is 0 Å². The van der Waals surface area contributed by atoms with Crippen molar-refractivity contribution in [2.45, 2.75) is 0 Å². The molecule has 0 aliphatic carbocycles. The third-order valence-electron chi connectivity index (χ3n) is 5.22. The molecule has 7 rings (SSSR count). The summed E-state index contributed by atoms with van der Waals surface area (Å²) in [5, 5.41) is 0. The van der Waals surface area contributed by atoms with Crippen LogP contribution in [0.3, 0.4) is 0 Å². The number of rotatable bonds is 0. The highest BCUT2D eigenvalue weighted by molar-refractivity contribution is 5.64. The summed E-state index contributed by atoms with van der Waals surface area (Å²) in [6.07, 6.45) is 0. The minimum atomic E-state index is 0.646. The molecule has 5 heteroatoms. The van der Waals surface area contributed by atoms with Crippen LogP contribution in [0.5, 0.6) is 0 Å². The highest BCUT2D eigenvalue weighted by Crippen LogP contribution is 2.17. The Morgan fingerprint density at radius 3 is 0.657 bits per heavy atom. The van der Waals surface area contributed by atoms with Gasteiger partial charge in [0.2, 0.25) is 0 Å². The van der Waals surface area contributed by atoms with Crippen molar-refractivity contribution in [1.82, 2.24) is 0 Å². The van der Waals surface area contributed by atoms with Gasteiger partial charge in [0.15, 0.2) is 0 Å². The molecule has 0 aliphatic rings. The van der Waals surface area contributed by atoms with Gasteiger partial charge < -0.3 is 22.1 Å². The zero-order valence-electron chi connectivity index (χ0n) is 18.6. The molecular weight excluding hydrogens is 440 g/mol. The van der Waals surface area contributed by atoms with Crippen molar-refractivity contribution in [2.75, 3.05) is 0 Å². The Bertz CT molecular complexity index is 1720. The van der Waals surface area contributed by atoms with Crippen molar-refractivity contribution in [3.05, 3.63) is 121 Å². The summed E-state index contributed by atoms with van der Waals surface area (Å²) in [7, 11) is 0. The lowest BCUT2D eigenvalue weighted by molar-refractivity contribution is 0.633. The zero-order valence-corrected chi connectivity index (χ0v) is 18.6. The minimum absolute atomic E-state index is 0.646. The molecule has 0 amide bonds. The summed E-state index contributed by atoms with van der Waals surface area (Å²) in [6, 6.07) is 37.3. The Labute approximate surface area is 199 Å². The van der Waals surface area contributed by atoms with Crippen LogP contribution in [0.2, 0.25) is 0 Å². The lowest BCUT2D eigenvalue weighted by atomic mass is 10.3. The lowest BCUT2D eigenvalue weighted by Crippen LogP contribution is -1.69. The third-order valence-corrected chi connectivity index (χ3v) is 5.22. The van der Waals surface area contributed by atoms with Crippen LogP contribution in [0.4, 0.5) is 0 Å². The first-order valence-corrected chi connectivity index (χ1v) is 11.1. The molecule has 10 bridgehead atoms. The van der Waals surface area contributed by atoms with Gasteiger partial charge in [-0.05, 0) is 72.8 Å². The van der Waals surface area contributed by atoms with Crippen molar-refractivity contribution in [3.63, 3.8) is 0 Å². The van der Waals surface area contributed by atoms with E-state index in [0.29, 0.717) is 55.8 Å². The molecule has 5 nitrogen and oxygen atoms in total. The van der Waals surface area contributed by atoms with Gasteiger partial charge in [0.1, 0.15) is 55.8 Å². The molecule has 7 aromatic rings. The maximum absolute atomic E-state index is 6.07. The van der Waals surface area contributed by atoms with E-state index in [1.807, 2.05) is 121 Å². The summed E-state index contributed by atoms with van der Waals surface area (Å²) in [6.45, 7) is 0. The molecule has 0 atom stereocenters. The van der Waals surface area contributed by atoms with E-state index in [9.17, 15) is 0 Å². The number of benzene rings is 5. The van der Waals surface area contributed by atoms with Crippen LogP contribution in [-0.2, 0) is 0 Å². The fourth-order valence-electron chi connectivity index (χ4n) is 3.66. The monoisotopic (exact) mass is 460 g/mol. The smallest absolute Gasteiger partial charge is 0.131 e. The molecule has 2 aromatic heterocycles. The standard InChI is InChI=1S/C30H20O5/c1-5-23-17-25(7-1)33-27-9-3-11-29(19-27)35-30-12-4-10-28(20-30)34-26-8-2-6-24(18-26)32-22-15-13-21(31-23)14-16-22/h1-20H. The quantitative estimate of drug-likeness (QED) is 0.226. The van der Waals surface area contributed by atoms with Gasteiger partial charge in [-0.3, -0.25) is 0 Å². The minimum Gasteiger partial charge on any atom is -0.457 e. The normalized spacial score (nSPS) is 10.9. The van der Waals surface area contributed by atoms with Gasteiger partial charge in [0, 0.05) is 24.3 Å². The van der Waals surface area contributed by atoms with E-state index in [1.165, 1.54) is 0 Å². The molecule has 0 N–H and O–H groups in total. The Morgan fingerprint density at radius 2 is 0.429 bits per heavy atom. The average molecular weight is 460 g/mol. The van der Waals surface area contributed by atoms with E-state index in [-0.39, 0.29) is 0 Å². The van der Waals surface area contributed by atoms with E-state index in [4.69, 9.17) is 22.1 Å². The van der Waals surface area contributed by atoms with Gasteiger partial charge in [-0.1, -0.05) is 24.3 Å². The summed E-state index contributed by atoms with van der Waals surface area (Å²) >= 11 is 0. The lowest BCUT2D eigenvalue weighted by Gasteiger charge is -1.94. The second-order valence-corrected chi connectivity index (χ2v) is 7.88. The molecule has 0 saturated heterocycles. The summed E-state index contributed by atoms with van der Waals surface area (Å²) < 4.78 is 30.2. The summed E-state index contributed by atoms with van der Waals surface area (Å²) in [4.78, 5) is 0. The highest BCUT2D eigenvalue weighted by atomic mass is 16.4. The van der Waals surface area contributed by atoms with Gasteiger partial charge in [-0.25, -0.2) is 0 Å². The first-order chi connectivity index (χ1) is 17.2. The Kier molecular flexibility index (Phi) is 5.41. The first-order valence-electron chi connectivity index (χ1n) is 11.1. The predicted molar refractivity (Wildman–Crippen MR) is 137 cm³/mol. The largest absolute Gasteiger partial charge is 0.457 e. The van der Waals surface area contributed by atoms with Gasteiger partial charge in [-0.15, -0.1) is 0 Å². The van der Waals surface area contributed by atoms with Gasteiger partial charge in [0.25, 0.3) is 0 Å². The summed E-state index contributed by atoms with van der Waals surface area (Å²) in [5.74, 6) is 0. The molecule has 0 fully saturated rings. The molecular formula is C30H20O5. The maximum Gasteiger partial charge on any atom is 0.131 e. The van der Waals surface area contributed by atoms with Crippen LogP contribution in [0.15, 0.2) is 143 Å². The predicted octanol–water partition coefficient (Wildman–Crippen LogP) is 9.35. The van der Waals surface area contributed by atoms with Crippen molar-refractivity contribution in [2.24, 2.45) is 0 Å². The molecule has 0 unspecified atom stereocenters. The zero-order chi connectivity index (χ0) is 23.5. The van der Waals surface area contributed by atoms with Gasteiger partial charge >= 0.3 is 0 Å². The van der Waals surface area contributed by atoms with Gasteiger partial charge in [0.05, 0.1) is 0 Å². The molecule has 0 saturated carbocycles. The molecule has 0 radical (unpaired) electrons. The van der Waals surface area contributed by atoms with E-state index in [0.717, 1.165) is 0 Å². The van der Waals surface area contributed by atoms with E-state index < -0.39 is 0 Å². The van der Waals surface area contributed by atoms with Crippen LogP contribution in [0.1, 0.15) is 0 Å². The first kappa shape index (κ1) is 20.7.